The third-order valence-corrected chi connectivity index (χ3v) is 6.09. The number of nitrogens with zero attached hydrogens (tertiary/aromatic N) is 2. The minimum absolute atomic E-state index is 0.0973. The molecule has 2 aliphatic heterocycles. The van der Waals surface area contributed by atoms with Crippen LogP contribution in [-0.2, 0) is 11.3 Å². The lowest BCUT2D eigenvalue weighted by molar-refractivity contribution is -0.917. The maximum Gasteiger partial charge on any atom is 0.261 e. The Morgan fingerprint density at radius 1 is 0.968 bits per heavy atom. The van der Waals surface area contributed by atoms with Gasteiger partial charge >= 0.3 is 0 Å². The summed E-state index contributed by atoms with van der Waals surface area (Å²) in [5.74, 6) is 0.433. The van der Waals surface area contributed by atoms with Gasteiger partial charge in [-0.1, -0.05) is 12.1 Å². The summed E-state index contributed by atoms with van der Waals surface area (Å²) in [5, 5.41) is 0. The van der Waals surface area contributed by atoms with Gasteiger partial charge in [-0.15, -0.1) is 0 Å². The van der Waals surface area contributed by atoms with E-state index in [1.54, 1.807) is 31.4 Å². The number of ether oxygens (including phenoxy) is 1. The molecule has 0 saturated carbocycles. The summed E-state index contributed by atoms with van der Waals surface area (Å²) in [6, 6.07) is 15.0. The Morgan fingerprint density at radius 2 is 1.58 bits per heavy atom. The highest BCUT2D eigenvalue weighted by Gasteiger charge is 2.34. The summed E-state index contributed by atoms with van der Waals surface area (Å²) in [5.41, 5.74) is 2.17. The minimum Gasteiger partial charge on any atom is -0.497 e. The zero-order valence-corrected chi connectivity index (χ0v) is 17.8. The largest absolute Gasteiger partial charge is 0.497 e. The molecule has 2 aliphatic rings. The second-order valence-electron chi connectivity index (χ2n) is 8.07. The van der Waals surface area contributed by atoms with Crippen molar-refractivity contribution in [2.45, 2.75) is 19.4 Å². The van der Waals surface area contributed by atoms with Gasteiger partial charge < -0.3 is 14.5 Å². The summed E-state index contributed by atoms with van der Waals surface area (Å²) in [6.07, 6.45) is 0.838. The molecule has 1 saturated heterocycles. The Balaban J connectivity index is 1.20. The molecule has 0 aliphatic carbocycles. The molecule has 1 fully saturated rings. The van der Waals surface area contributed by atoms with Gasteiger partial charge in [0.15, 0.2) is 0 Å². The fourth-order valence-electron chi connectivity index (χ4n) is 4.27. The molecule has 3 amide bonds. The molecule has 0 atom stereocenters. The zero-order valence-electron chi connectivity index (χ0n) is 17.8. The molecule has 0 radical (unpaired) electrons. The molecular weight excluding hydrogens is 394 g/mol. The standard InChI is InChI=1S/C24H27N3O4/c1-31-19-10-8-18(9-11-19)17-25-13-15-26(16-14-25)22(28)7-4-12-27-23(29)20-5-2-3-6-21(20)24(27)30/h2-3,5-6,8-11H,4,7,12-17H2,1H3/p+1. The molecule has 4 rings (SSSR count). The number of methoxy groups -OCH3 is 1. The van der Waals surface area contributed by atoms with Gasteiger partial charge in [0, 0.05) is 18.5 Å². The van der Waals surface area contributed by atoms with E-state index in [-0.39, 0.29) is 24.3 Å². The predicted molar refractivity (Wildman–Crippen MR) is 115 cm³/mol. The van der Waals surface area contributed by atoms with Gasteiger partial charge in [0.2, 0.25) is 5.91 Å². The SMILES string of the molecule is COc1ccc(C[NH+]2CCN(C(=O)CCCN3C(=O)c4ccccc4C3=O)CC2)cc1. The van der Waals surface area contributed by atoms with Crippen LogP contribution in [0.1, 0.15) is 39.1 Å². The van der Waals surface area contributed by atoms with Crippen LogP contribution >= 0.6 is 0 Å². The van der Waals surface area contributed by atoms with Crippen LogP contribution in [0.25, 0.3) is 0 Å². The maximum absolute atomic E-state index is 12.6. The lowest BCUT2D eigenvalue weighted by Gasteiger charge is -2.32. The smallest absolute Gasteiger partial charge is 0.261 e. The van der Waals surface area contributed by atoms with Crippen molar-refractivity contribution in [2.75, 3.05) is 39.8 Å². The van der Waals surface area contributed by atoms with Gasteiger partial charge in [0.25, 0.3) is 11.8 Å². The molecule has 2 aromatic rings. The van der Waals surface area contributed by atoms with E-state index in [2.05, 4.69) is 12.1 Å². The summed E-state index contributed by atoms with van der Waals surface area (Å²) >= 11 is 0. The van der Waals surface area contributed by atoms with Gasteiger partial charge in [0.1, 0.15) is 12.3 Å². The van der Waals surface area contributed by atoms with E-state index in [1.165, 1.54) is 15.4 Å². The summed E-state index contributed by atoms with van der Waals surface area (Å²) in [7, 11) is 1.66. The van der Waals surface area contributed by atoms with Crippen molar-refractivity contribution in [3.8, 4) is 5.75 Å². The molecule has 0 unspecified atom stereocenters. The first-order valence-electron chi connectivity index (χ1n) is 10.8. The number of rotatable bonds is 7. The van der Waals surface area contributed by atoms with Crippen molar-refractivity contribution in [1.29, 1.82) is 0 Å². The number of amides is 3. The van der Waals surface area contributed by atoms with E-state index in [4.69, 9.17) is 4.74 Å². The monoisotopic (exact) mass is 422 g/mol. The topological polar surface area (TPSA) is 71.4 Å². The summed E-state index contributed by atoms with van der Waals surface area (Å²) in [4.78, 5) is 42.0. The van der Waals surface area contributed by atoms with Crippen LogP contribution in [0.4, 0.5) is 0 Å². The molecule has 31 heavy (non-hydrogen) atoms. The molecule has 1 N–H and O–H groups in total. The van der Waals surface area contributed by atoms with Crippen LogP contribution in [0.5, 0.6) is 5.75 Å². The Bertz CT molecular complexity index is 930. The number of quaternary nitrogens is 1. The average Bonchev–Trinajstić information content (AvgIpc) is 3.05. The van der Waals surface area contributed by atoms with Crippen molar-refractivity contribution in [3.63, 3.8) is 0 Å². The first-order valence-corrected chi connectivity index (χ1v) is 10.8. The van der Waals surface area contributed by atoms with Crippen molar-refractivity contribution >= 4 is 17.7 Å². The third-order valence-electron chi connectivity index (χ3n) is 6.09. The lowest BCUT2D eigenvalue weighted by Crippen LogP contribution is -3.13. The van der Waals surface area contributed by atoms with Gasteiger partial charge in [-0.25, -0.2) is 0 Å². The van der Waals surface area contributed by atoms with Crippen LogP contribution in [0.3, 0.4) is 0 Å². The fourth-order valence-corrected chi connectivity index (χ4v) is 4.27. The molecule has 162 valence electrons. The number of hydrogen-bond acceptors (Lipinski definition) is 4. The van der Waals surface area contributed by atoms with E-state index in [0.29, 0.717) is 24.0 Å². The first-order chi connectivity index (χ1) is 15.1. The Morgan fingerprint density at radius 3 is 2.16 bits per heavy atom. The highest BCUT2D eigenvalue weighted by Crippen LogP contribution is 2.22. The van der Waals surface area contributed by atoms with Gasteiger partial charge in [-0.05, 0) is 42.8 Å². The normalized spacial score (nSPS) is 16.5. The van der Waals surface area contributed by atoms with Crippen molar-refractivity contribution in [1.82, 2.24) is 9.80 Å². The Hall–Kier alpha value is -3.19. The number of nitrogens with one attached hydrogen (secondary N) is 1. The van der Waals surface area contributed by atoms with Gasteiger partial charge in [-0.3, -0.25) is 19.3 Å². The second-order valence-corrected chi connectivity index (χ2v) is 8.07. The van der Waals surface area contributed by atoms with Crippen molar-refractivity contribution in [2.24, 2.45) is 0 Å². The molecule has 2 aromatic carbocycles. The Kier molecular flexibility index (Phi) is 6.32. The van der Waals surface area contributed by atoms with Crippen LogP contribution in [0, 0.1) is 0 Å². The first kappa shape index (κ1) is 21.1. The average molecular weight is 423 g/mol. The second kappa shape index (κ2) is 9.31. The number of benzene rings is 2. The van der Waals surface area contributed by atoms with E-state index in [1.807, 2.05) is 17.0 Å². The minimum atomic E-state index is -0.260. The highest BCUT2D eigenvalue weighted by atomic mass is 16.5. The number of hydrogen-bond donors (Lipinski definition) is 1. The highest BCUT2D eigenvalue weighted by molar-refractivity contribution is 6.21. The van der Waals surface area contributed by atoms with E-state index >= 15 is 0 Å². The maximum atomic E-state index is 12.6. The summed E-state index contributed by atoms with van der Waals surface area (Å²) < 4.78 is 5.20. The van der Waals surface area contributed by atoms with E-state index in [0.717, 1.165) is 38.5 Å². The van der Waals surface area contributed by atoms with Crippen molar-refractivity contribution < 1.29 is 24.0 Å². The van der Waals surface area contributed by atoms with Gasteiger partial charge in [-0.2, -0.15) is 0 Å². The molecule has 2 heterocycles. The number of carbonyl (C=O) groups is 3. The number of fused-ring (bicyclic) bond motifs is 1. The van der Waals surface area contributed by atoms with E-state index in [9.17, 15) is 14.4 Å². The number of piperazine rings is 1. The zero-order chi connectivity index (χ0) is 21.8. The molecule has 0 bridgehead atoms. The molecule has 0 aromatic heterocycles. The van der Waals surface area contributed by atoms with E-state index < -0.39 is 0 Å². The fraction of sp³-hybridized carbons (Fsp3) is 0.375. The summed E-state index contributed by atoms with van der Waals surface area (Å²) in [6.45, 7) is 4.51. The molecule has 0 spiro atoms. The van der Waals surface area contributed by atoms with Crippen LogP contribution in [-0.4, -0.2) is 67.4 Å². The van der Waals surface area contributed by atoms with Gasteiger partial charge in [0.05, 0.1) is 44.4 Å². The van der Waals surface area contributed by atoms with Crippen LogP contribution in [0.15, 0.2) is 48.5 Å². The van der Waals surface area contributed by atoms with Crippen LogP contribution in [0.2, 0.25) is 0 Å². The molecule has 7 heteroatoms. The lowest BCUT2D eigenvalue weighted by atomic mass is 10.1. The molecule has 7 nitrogen and oxygen atoms in total. The van der Waals surface area contributed by atoms with Crippen LogP contribution < -0.4 is 9.64 Å². The number of imide groups is 1. The number of carbonyl (C=O) groups excluding carboxylic acids is 3. The Labute approximate surface area is 182 Å². The van der Waals surface area contributed by atoms with Crippen molar-refractivity contribution in [3.05, 3.63) is 65.2 Å². The molecular formula is C24H28N3O4+. The quantitative estimate of drug-likeness (QED) is 0.676. The predicted octanol–water partition coefficient (Wildman–Crippen LogP) is 0.999. The third kappa shape index (κ3) is 4.61.